The Labute approximate surface area is 269 Å². The van der Waals surface area contributed by atoms with Crippen LogP contribution in [0.15, 0.2) is 35.6 Å². The first kappa shape index (κ1) is 36.4. The molecule has 260 valence electrons. The summed E-state index contributed by atoms with van der Waals surface area (Å²) in [5.41, 5.74) is 1.44. The molecule has 2 saturated heterocycles. The predicted molar refractivity (Wildman–Crippen MR) is 163 cm³/mol. The Balaban J connectivity index is 1.69. The molecule has 0 spiro atoms. The molecule has 14 nitrogen and oxygen atoms in total. The van der Waals surface area contributed by atoms with E-state index in [2.05, 4.69) is 11.4 Å². The number of carboxylic acid groups (broad SMARTS) is 1. The van der Waals surface area contributed by atoms with Crippen molar-refractivity contribution in [2.45, 2.75) is 75.5 Å². The van der Waals surface area contributed by atoms with Gasteiger partial charge < -0.3 is 49.2 Å². The average Bonchev–Trinajstić information content (AvgIpc) is 3.06. The monoisotopic (exact) mass is 654 g/mol. The van der Waals surface area contributed by atoms with Crippen LogP contribution < -0.4 is 5.32 Å². The van der Waals surface area contributed by atoms with E-state index >= 15 is 0 Å². The second-order valence-corrected chi connectivity index (χ2v) is 12.4. The number of nitrogens with zero attached hydrogens (tertiary/aromatic N) is 1. The summed E-state index contributed by atoms with van der Waals surface area (Å²) in [7, 11) is 2.94. The van der Waals surface area contributed by atoms with Gasteiger partial charge in [-0.25, -0.2) is 4.79 Å². The number of ether oxygens (including phenoxy) is 5. The number of methoxy groups -OCH3 is 1. The number of carboxylic acids is 1. The van der Waals surface area contributed by atoms with Crippen molar-refractivity contribution in [3.63, 3.8) is 0 Å². The second-order valence-electron chi connectivity index (χ2n) is 12.4. The summed E-state index contributed by atoms with van der Waals surface area (Å²) in [6.07, 6.45) is 5.08. The van der Waals surface area contributed by atoms with Gasteiger partial charge in [-0.1, -0.05) is 30.2 Å². The number of esters is 1. The van der Waals surface area contributed by atoms with E-state index in [1.165, 1.54) is 18.9 Å². The fraction of sp³-hybridized carbons (Fsp3) is 0.750. The molecule has 0 aromatic rings. The summed E-state index contributed by atoms with van der Waals surface area (Å²) in [6.45, 7) is 0.623. The van der Waals surface area contributed by atoms with Crippen molar-refractivity contribution in [3.8, 4) is 0 Å². The summed E-state index contributed by atoms with van der Waals surface area (Å²) >= 11 is 0. The maximum absolute atomic E-state index is 13.1. The Morgan fingerprint density at radius 3 is 2.50 bits per heavy atom. The lowest BCUT2D eigenvalue weighted by Gasteiger charge is -2.44. The highest BCUT2D eigenvalue weighted by Gasteiger charge is 2.49. The van der Waals surface area contributed by atoms with Gasteiger partial charge in [-0.2, -0.15) is 0 Å². The minimum atomic E-state index is -1.43. The summed E-state index contributed by atoms with van der Waals surface area (Å²) in [6, 6.07) is 0. The Bertz CT molecular complexity index is 1090. The summed E-state index contributed by atoms with van der Waals surface area (Å²) in [4.78, 5) is 26.9. The number of nitrogens with one attached hydrogen (secondary N) is 1. The number of likely N-dealkylation sites (tertiary alicyclic amines) is 1. The van der Waals surface area contributed by atoms with Crippen molar-refractivity contribution in [3.05, 3.63) is 35.6 Å². The Kier molecular flexibility index (Phi) is 14.0. The molecule has 3 fully saturated rings. The topological polar surface area (TPSA) is 197 Å². The number of hydrogen-bond donors (Lipinski definition) is 6. The molecule has 4 rings (SSSR count). The number of piperidine rings is 1. The van der Waals surface area contributed by atoms with Gasteiger partial charge >= 0.3 is 11.9 Å². The van der Waals surface area contributed by atoms with E-state index in [4.69, 9.17) is 23.7 Å². The Hall–Kier alpha value is -2.40. The van der Waals surface area contributed by atoms with E-state index in [-0.39, 0.29) is 24.8 Å². The second kappa shape index (κ2) is 17.7. The molecule has 46 heavy (non-hydrogen) atoms. The summed E-state index contributed by atoms with van der Waals surface area (Å²) < 4.78 is 29.1. The van der Waals surface area contributed by atoms with Crippen molar-refractivity contribution in [1.82, 2.24) is 10.2 Å². The van der Waals surface area contributed by atoms with Crippen LogP contribution in [-0.2, 0) is 33.3 Å². The molecular formula is C32H50N2O12. The van der Waals surface area contributed by atoms with E-state index in [1.807, 2.05) is 17.1 Å². The van der Waals surface area contributed by atoms with Crippen molar-refractivity contribution >= 4 is 11.9 Å². The number of aliphatic carboxylic acids is 1. The number of aliphatic hydroxyl groups excluding tert-OH is 4. The summed E-state index contributed by atoms with van der Waals surface area (Å²) in [5, 5.41) is 53.3. The number of β-amino-alcohol motifs (C(OH)–C–C–N with tert-alkyl or cyclic N) is 1. The van der Waals surface area contributed by atoms with Gasteiger partial charge in [-0.05, 0) is 45.1 Å². The lowest BCUT2D eigenvalue weighted by atomic mass is 9.79. The van der Waals surface area contributed by atoms with Crippen LogP contribution in [0.25, 0.3) is 0 Å². The first-order chi connectivity index (χ1) is 22.2. The Morgan fingerprint density at radius 2 is 1.85 bits per heavy atom. The molecule has 4 aliphatic rings. The van der Waals surface area contributed by atoms with Crippen LogP contribution in [0.1, 0.15) is 38.5 Å². The molecule has 0 radical (unpaired) electrons. The highest BCUT2D eigenvalue weighted by atomic mass is 16.8. The van der Waals surface area contributed by atoms with E-state index in [9.17, 15) is 35.1 Å². The first-order valence-corrected chi connectivity index (χ1v) is 16.1. The number of allylic oxidation sites excluding steroid dienone is 2. The molecular weight excluding hydrogens is 604 g/mol. The zero-order valence-electron chi connectivity index (χ0n) is 26.6. The third-order valence-corrected chi connectivity index (χ3v) is 9.19. The molecule has 14 heteroatoms. The standard InChI is InChI=1S/C32H50N2O12/c1-33-18-44-28-27(38)26(37)25(16-36)45-32(28)46-31-23(13-19-6-4-3-5-7-19)22(24(17-43-31)30(41)42-2)9-8-20-12-21(29(39)40)15-34(14-20)10-11-35/h8-9,13,17,20-23,25-28,31-33,35-38H,3-7,10-12,14-16,18H2,1-2H3,(H,39,40). The highest BCUT2D eigenvalue weighted by molar-refractivity contribution is 5.89. The molecule has 0 aromatic carbocycles. The molecule has 3 aliphatic heterocycles. The zero-order chi connectivity index (χ0) is 33.2. The van der Waals surface area contributed by atoms with E-state index < -0.39 is 73.3 Å². The maximum atomic E-state index is 13.1. The van der Waals surface area contributed by atoms with Crippen LogP contribution in [0.4, 0.5) is 0 Å². The van der Waals surface area contributed by atoms with Gasteiger partial charge in [-0.15, -0.1) is 0 Å². The number of carbonyl (C=O) groups excluding carboxylic acids is 1. The van der Waals surface area contributed by atoms with Gasteiger partial charge in [0.05, 0.1) is 50.7 Å². The lowest BCUT2D eigenvalue weighted by Crippen LogP contribution is -2.61. The van der Waals surface area contributed by atoms with E-state index in [0.717, 1.165) is 32.1 Å². The smallest absolute Gasteiger partial charge is 0.337 e. The molecule has 10 atom stereocenters. The highest BCUT2D eigenvalue weighted by Crippen LogP contribution is 2.39. The van der Waals surface area contributed by atoms with Gasteiger partial charge in [-0.3, -0.25) is 15.0 Å². The molecule has 3 heterocycles. The largest absolute Gasteiger partial charge is 0.481 e. The quantitative estimate of drug-likeness (QED) is 0.0889. The van der Waals surface area contributed by atoms with Crippen LogP contribution >= 0.6 is 0 Å². The van der Waals surface area contributed by atoms with Crippen LogP contribution in [0, 0.1) is 23.7 Å². The fourth-order valence-electron chi connectivity index (χ4n) is 6.78. The number of rotatable bonds is 13. The van der Waals surface area contributed by atoms with E-state index in [0.29, 0.717) is 26.1 Å². The molecule has 6 N–H and O–H groups in total. The Morgan fingerprint density at radius 1 is 1.09 bits per heavy atom. The van der Waals surface area contributed by atoms with Gasteiger partial charge in [0.15, 0.2) is 6.29 Å². The normalized spacial score (nSPS) is 35.8. The van der Waals surface area contributed by atoms with Crippen LogP contribution in [-0.4, -0.2) is 133 Å². The molecule has 0 bridgehead atoms. The van der Waals surface area contributed by atoms with Gasteiger partial charge in [0.25, 0.3) is 0 Å². The summed E-state index contributed by atoms with van der Waals surface area (Å²) in [5.74, 6) is -3.41. The van der Waals surface area contributed by atoms with Crippen LogP contribution in [0.5, 0.6) is 0 Å². The molecule has 0 amide bonds. The van der Waals surface area contributed by atoms with Crippen molar-refractivity contribution in [2.75, 3.05) is 53.7 Å². The zero-order valence-corrected chi connectivity index (χ0v) is 26.6. The number of carbonyl (C=O) groups is 2. The molecule has 1 aliphatic carbocycles. The van der Waals surface area contributed by atoms with Crippen molar-refractivity contribution in [1.29, 1.82) is 0 Å². The minimum Gasteiger partial charge on any atom is -0.481 e. The van der Waals surface area contributed by atoms with Gasteiger partial charge in [0.2, 0.25) is 6.29 Å². The average molecular weight is 655 g/mol. The van der Waals surface area contributed by atoms with Gasteiger partial charge in [0, 0.05) is 25.6 Å². The minimum absolute atomic E-state index is 0.0181. The van der Waals surface area contributed by atoms with Gasteiger partial charge in [0.1, 0.15) is 24.4 Å². The van der Waals surface area contributed by atoms with Crippen molar-refractivity contribution < 1.29 is 58.8 Å². The third kappa shape index (κ3) is 9.14. The third-order valence-electron chi connectivity index (χ3n) is 9.19. The molecule has 0 aromatic heterocycles. The maximum Gasteiger partial charge on any atom is 0.337 e. The first-order valence-electron chi connectivity index (χ1n) is 16.1. The van der Waals surface area contributed by atoms with Crippen molar-refractivity contribution in [2.24, 2.45) is 23.7 Å². The fourth-order valence-corrected chi connectivity index (χ4v) is 6.78. The number of hydrogen-bond acceptors (Lipinski definition) is 13. The predicted octanol–water partition coefficient (Wildman–Crippen LogP) is 0.111. The molecule has 1 saturated carbocycles. The van der Waals surface area contributed by atoms with Crippen LogP contribution in [0.3, 0.4) is 0 Å². The number of aliphatic hydroxyl groups is 4. The SMILES string of the molecule is CNCOC1C(OC2OC=C(C(=O)OC)C(C=CC3CC(C(=O)O)CN(CCO)C3)C2C=C2CCCCC2)OC(CO)C(O)C1O. The lowest BCUT2D eigenvalue weighted by molar-refractivity contribution is -0.345. The van der Waals surface area contributed by atoms with E-state index in [1.54, 1.807) is 7.05 Å². The molecule has 10 unspecified atom stereocenters. The van der Waals surface area contributed by atoms with Crippen LogP contribution in [0.2, 0.25) is 0 Å².